The van der Waals surface area contributed by atoms with E-state index in [1.165, 1.54) is 12.5 Å². The summed E-state index contributed by atoms with van der Waals surface area (Å²) in [5.41, 5.74) is 1.11. The number of hydrogen-bond acceptors (Lipinski definition) is 3. The molecule has 2 fully saturated rings. The monoisotopic (exact) mass is 318 g/mol. The van der Waals surface area contributed by atoms with E-state index < -0.39 is 10.0 Å². The Labute approximate surface area is 132 Å². The highest BCUT2D eigenvalue weighted by Crippen LogP contribution is 2.42. The standard InChI is InChI=1S/C17H22N2O2S/c1-12-7-8-14(11-18)10-17(12)22(20,21)19-13(2)9-15-5-3-4-6-16(15)19/h7-8,10,13,15-16H,3-6,9H2,1-2H3/t13-,15-,16+/m1/s1. The lowest BCUT2D eigenvalue weighted by Gasteiger charge is -2.32. The number of nitriles is 1. The average Bonchev–Trinajstić information content (AvgIpc) is 2.84. The van der Waals surface area contributed by atoms with Crippen LogP contribution >= 0.6 is 0 Å². The Kier molecular flexibility index (Phi) is 4.00. The van der Waals surface area contributed by atoms with Crippen LogP contribution in [0.25, 0.3) is 0 Å². The van der Waals surface area contributed by atoms with Crippen molar-refractivity contribution in [1.82, 2.24) is 4.31 Å². The zero-order valence-corrected chi connectivity index (χ0v) is 13.9. The van der Waals surface area contributed by atoms with Crippen LogP contribution in [-0.2, 0) is 10.0 Å². The maximum atomic E-state index is 13.2. The smallest absolute Gasteiger partial charge is 0.207 e. The molecule has 4 nitrogen and oxygen atoms in total. The molecule has 5 heteroatoms. The Balaban J connectivity index is 2.04. The zero-order valence-electron chi connectivity index (χ0n) is 13.1. The molecule has 1 saturated carbocycles. The molecule has 0 amide bonds. The third kappa shape index (κ3) is 2.45. The van der Waals surface area contributed by atoms with Crippen LogP contribution in [0.4, 0.5) is 0 Å². The molecule has 1 aliphatic heterocycles. The first-order chi connectivity index (χ1) is 10.4. The lowest BCUT2D eigenvalue weighted by Crippen LogP contribution is -2.42. The third-order valence-electron chi connectivity index (χ3n) is 5.15. The molecule has 0 radical (unpaired) electrons. The Bertz CT molecular complexity index is 721. The molecule has 1 heterocycles. The molecule has 0 aromatic heterocycles. The molecule has 1 aromatic rings. The second-order valence-electron chi connectivity index (χ2n) is 6.62. The maximum Gasteiger partial charge on any atom is 0.243 e. The van der Waals surface area contributed by atoms with E-state index in [2.05, 4.69) is 0 Å². The van der Waals surface area contributed by atoms with Gasteiger partial charge in [0.1, 0.15) is 0 Å². The van der Waals surface area contributed by atoms with E-state index in [1.807, 2.05) is 13.0 Å². The normalized spacial score (nSPS) is 29.0. The van der Waals surface area contributed by atoms with Crippen molar-refractivity contribution in [2.75, 3.05) is 0 Å². The number of nitrogens with zero attached hydrogens (tertiary/aromatic N) is 2. The Morgan fingerprint density at radius 1 is 1.27 bits per heavy atom. The van der Waals surface area contributed by atoms with Gasteiger partial charge < -0.3 is 0 Å². The maximum absolute atomic E-state index is 13.2. The molecule has 3 rings (SSSR count). The Morgan fingerprint density at radius 2 is 2.00 bits per heavy atom. The van der Waals surface area contributed by atoms with Gasteiger partial charge in [0, 0.05) is 12.1 Å². The first kappa shape index (κ1) is 15.5. The van der Waals surface area contributed by atoms with E-state index in [-0.39, 0.29) is 12.1 Å². The van der Waals surface area contributed by atoms with Gasteiger partial charge in [-0.2, -0.15) is 9.57 Å². The van der Waals surface area contributed by atoms with E-state index in [4.69, 9.17) is 5.26 Å². The molecule has 0 N–H and O–H groups in total. The molecule has 3 atom stereocenters. The lowest BCUT2D eigenvalue weighted by atomic mass is 9.85. The van der Waals surface area contributed by atoms with Gasteiger partial charge in [-0.15, -0.1) is 0 Å². The van der Waals surface area contributed by atoms with Crippen molar-refractivity contribution in [3.8, 4) is 6.07 Å². The molecule has 1 aliphatic carbocycles. The lowest BCUT2D eigenvalue weighted by molar-refractivity contribution is 0.248. The second-order valence-corrected chi connectivity index (χ2v) is 8.44. The number of hydrogen-bond donors (Lipinski definition) is 0. The summed E-state index contributed by atoms with van der Waals surface area (Å²) < 4.78 is 28.1. The number of rotatable bonds is 2. The summed E-state index contributed by atoms with van der Waals surface area (Å²) >= 11 is 0. The van der Waals surface area contributed by atoms with Crippen LogP contribution in [0.3, 0.4) is 0 Å². The molecule has 22 heavy (non-hydrogen) atoms. The summed E-state index contributed by atoms with van der Waals surface area (Å²) in [4.78, 5) is 0.296. The topological polar surface area (TPSA) is 61.2 Å². The fourth-order valence-electron chi connectivity index (χ4n) is 4.14. The summed E-state index contributed by atoms with van der Waals surface area (Å²) in [6.07, 6.45) is 5.38. The third-order valence-corrected chi connectivity index (χ3v) is 7.33. The predicted octanol–water partition coefficient (Wildman–Crippen LogP) is 3.21. The van der Waals surface area contributed by atoms with Crippen molar-refractivity contribution in [3.63, 3.8) is 0 Å². The average molecular weight is 318 g/mol. The fraction of sp³-hybridized carbons (Fsp3) is 0.588. The predicted molar refractivity (Wildman–Crippen MR) is 84.7 cm³/mol. The SMILES string of the molecule is Cc1ccc(C#N)cc1S(=O)(=O)N1[C@H](C)C[C@H]2CCCC[C@@H]21. The highest BCUT2D eigenvalue weighted by Gasteiger charge is 2.46. The molecule has 1 aromatic carbocycles. The summed E-state index contributed by atoms with van der Waals surface area (Å²) in [7, 11) is -3.54. The van der Waals surface area contributed by atoms with Crippen molar-refractivity contribution in [2.24, 2.45) is 5.92 Å². The number of aryl methyl sites for hydroxylation is 1. The van der Waals surface area contributed by atoms with Crippen LogP contribution in [0.1, 0.15) is 50.2 Å². The fourth-order valence-corrected chi connectivity index (χ4v) is 6.32. The minimum Gasteiger partial charge on any atom is -0.207 e. The van der Waals surface area contributed by atoms with Gasteiger partial charge in [-0.3, -0.25) is 0 Å². The van der Waals surface area contributed by atoms with Crippen molar-refractivity contribution >= 4 is 10.0 Å². The van der Waals surface area contributed by atoms with Gasteiger partial charge in [-0.05, 0) is 56.7 Å². The second kappa shape index (κ2) is 5.68. The van der Waals surface area contributed by atoms with E-state index in [9.17, 15) is 8.42 Å². The minimum atomic E-state index is -3.54. The van der Waals surface area contributed by atoms with Crippen molar-refractivity contribution < 1.29 is 8.42 Å². The quantitative estimate of drug-likeness (QED) is 0.841. The van der Waals surface area contributed by atoms with Gasteiger partial charge in [-0.25, -0.2) is 8.42 Å². The van der Waals surface area contributed by atoms with E-state index in [1.54, 1.807) is 23.4 Å². The van der Waals surface area contributed by atoms with Crippen molar-refractivity contribution in [1.29, 1.82) is 5.26 Å². The highest BCUT2D eigenvalue weighted by molar-refractivity contribution is 7.89. The molecule has 2 aliphatic rings. The molecular formula is C17H22N2O2S. The van der Waals surface area contributed by atoms with Gasteiger partial charge in [0.15, 0.2) is 0 Å². The van der Waals surface area contributed by atoms with Crippen LogP contribution in [0.5, 0.6) is 0 Å². The van der Waals surface area contributed by atoms with Crippen LogP contribution in [0, 0.1) is 24.2 Å². The minimum absolute atomic E-state index is 0.0447. The van der Waals surface area contributed by atoms with Crippen molar-refractivity contribution in [2.45, 2.75) is 62.9 Å². The van der Waals surface area contributed by atoms with Gasteiger partial charge in [0.05, 0.1) is 16.5 Å². The van der Waals surface area contributed by atoms with E-state index in [0.717, 1.165) is 25.7 Å². The van der Waals surface area contributed by atoms with Gasteiger partial charge in [0.2, 0.25) is 10.0 Å². The van der Waals surface area contributed by atoms with Crippen LogP contribution < -0.4 is 0 Å². The summed E-state index contributed by atoms with van der Waals surface area (Å²) in [5.74, 6) is 0.498. The molecule has 0 spiro atoms. The first-order valence-electron chi connectivity index (χ1n) is 7.99. The summed E-state index contributed by atoms with van der Waals surface area (Å²) in [6, 6.07) is 7.14. The van der Waals surface area contributed by atoms with Crippen LogP contribution in [-0.4, -0.2) is 24.8 Å². The largest absolute Gasteiger partial charge is 0.243 e. The van der Waals surface area contributed by atoms with Gasteiger partial charge >= 0.3 is 0 Å². The Hall–Kier alpha value is -1.38. The van der Waals surface area contributed by atoms with Crippen LogP contribution in [0.15, 0.2) is 23.1 Å². The van der Waals surface area contributed by atoms with Gasteiger partial charge in [0.25, 0.3) is 0 Å². The van der Waals surface area contributed by atoms with Gasteiger partial charge in [-0.1, -0.05) is 18.9 Å². The molecular weight excluding hydrogens is 296 g/mol. The zero-order chi connectivity index (χ0) is 15.9. The molecule has 0 bridgehead atoms. The number of benzene rings is 1. The summed E-state index contributed by atoms with van der Waals surface area (Å²) in [5, 5.41) is 9.06. The van der Waals surface area contributed by atoms with Crippen molar-refractivity contribution in [3.05, 3.63) is 29.3 Å². The highest BCUT2D eigenvalue weighted by atomic mass is 32.2. The molecule has 118 valence electrons. The first-order valence-corrected chi connectivity index (χ1v) is 9.43. The molecule has 0 unspecified atom stereocenters. The van der Waals surface area contributed by atoms with E-state index >= 15 is 0 Å². The number of fused-ring (bicyclic) bond motifs is 1. The van der Waals surface area contributed by atoms with E-state index in [0.29, 0.717) is 21.9 Å². The van der Waals surface area contributed by atoms with Crippen LogP contribution in [0.2, 0.25) is 0 Å². The Morgan fingerprint density at radius 3 is 2.73 bits per heavy atom. The number of sulfonamides is 1. The molecule has 1 saturated heterocycles. The summed E-state index contributed by atoms with van der Waals surface area (Å²) in [6.45, 7) is 3.81.